The molecule has 0 aliphatic heterocycles. The second-order valence-electron chi connectivity index (χ2n) is 5.70. The predicted octanol–water partition coefficient (Wildman–Crippen LogP) is 5.34. The fourth-order valence-electron chi connectivity index (χ4n) is 2.94. The van der Waals surface area contributed by atoms with Crippen LogP contribution < -0.4 is 0 Å². The van der Waals surface area contributed by atoms with Gasteiger partial charge >= 0.3 is 5.97 Å². The highest BCUT2D eigenvalue weighted by molar-refractivity contribution is 6.16. The van der Waals surface area contributed by atoms with Gasteiger partial charge in [0.25, 0.3) is 0 Å². The van der Waals surface area contributed by atoms with Gasteiger partial charge in [0.15, 0.2) is 0 Å². The molecule has 2 nitrogen and oxygen atoms in total. The van der Waals surface area contributed by atoms with Crippen molar-refractivity contribution < 1.29 is 9.53 Å². The molecule has 0 amide bonds. The number of hydrogen-bond donors (Lipinski definition) is 0. The quantitative estimate of drug-likeness (QED) is 0.479. The van der Waals surface area contributed by atoms with Gasteiger partial charge in [0.05, 0.1) is 11.7 Å². The van der Waals surface area contributed by atoms with Gasteiger partial charge in [0.1, 0.15) is 0 Å². The largest absolute Gasteiger partial charge is 0.459 e. The molecule has 3 aromatic rings. The first kappa shape index (κ1) is 14.6. The van der Waals surface area contributed by atoms with Gasteiger partial charge in [0, 0.05) is 0 Å². The summed E-state index contributed by atoms with van der Waals surface area (Å²) in [4.78, 5) is 12.7. The highest BCUT2D eigenvalue weighted by Crippen LogP contribution is 2.29. The maximum atomic E-state index is 12.7. The third kappa shape index (κ3) is 2.69. The van der Waals surface area contributed by atoms with Gasteiger partial charge in [-0.2, -0.15) is 0 Å². The van der Waals surface area contributed by atoms with E-state index in [4.69, 9.17) is 4.74 Å². The van der Waals surface area contributed by atoms with Crippen LogP contribution in [0.2, 0.25) is 0 Å². The number of fused-ring (bicyclic) bond motifs is 2. The van der Waals surface area contributed by atoms with E-state index in [1.807, 2.05) is 55.5 Å². The fourth-order valence-corrected chi connectivity index (χ4v) is 2.94. The van der Waals surface area contributed by atoms with Crippen LogP contribution in [-0.4, -0.2) is 12.1 Å². The van der Waals surface area contributed by atoms with Crippen molar-refractivity contribution in [1.82, 2.24) is 0 Å². The molecule has 22 heavy (non-hydrogen) atoms. The Morgan fingerprint density at radius 1 is 1.00 bits per heavy atom. The summed E-state index contributed by atoms with van der Waals surface area (Å²) in [5, 5.41) is 4.04. The second kappa shape index (κ2) is 6.18. The zero-order chi connectivity index (χ0) is 15.5. The van der Waals surface area contributed by atoms with E-state index in [9.17, 15) is 4.79 Å². The van der Waals surface area contributed by atoms with Crippen molar-refractivity contribution in [3.8, 4) is 0 Å². The normalized spacial score (nSPS) is 12.5. The molecular formula is C20H20O2. The zero-order valence-electron chi connectivity index (χ0n) is 13.0. The number of carbonyl (C=O) groups excluding carboxylic acids is 1. The Bertz CT molecular complexity index is 766. The van der Waals surface area contributed by atoms with E-state index in [1.165, 1.54) is 0 Å². The lowest BCUT2D eigenvalue weighted by atomic mass is 9.97. The Hall–Kier alpha value is -2.35. The summed E-state index contributed by atoms with van der Waals surface area (Å²) in [6.45, 7) is 4.05. The topological polar surface area (TPSA) is 26.3 Å². The van der Waals surface area contributed by atoms with E-state index >= 15 is 0 Å². The molecule has 0 saturated carbocycles. The lowest BCUT2D eigenvalue weighted by molar-refractivity contribution is 0.0328. The molecule has 0 radical (unpaired) electrons. The van der Waals surface area contributed by atoms with Gasteiger partial charge in [-0.1, -0.05) is 61.9 Å². The molecule has 2 heteroatoms. The molecule has 0 N–H and O–H groups in total. The first-order chi connectivity index (χ1) is 10.7. The molecule has 0 aliphatic rings. The van der Waals surface area contributed by atoms with Crippen molar-refractivity contribution in [1.29, 1.82) is 0 Å². The molecule has 0 unspecified atom stereocenters. The highest BCUT2D eigenvalue weighted by atomic mass is 16.5. The maximum Gasteiger partial charge on any atom is 0.339 e. The number of esters is 1. The van der Waals surface area contributed by atoms with Crippen molar-refractivity contribution in [2.45, 2.75) is 32.8 Å². The van der Waals surface area contributed by atoms with Gasteiger partial charge in [-0.3, -0.25) is 0 Å². The Morgan fingerprint density at radius 2 is 1.55 bits per heavy atom. The molecular weight excluding hydrogens is 272 g/mol. The molecule has 0 saturated heterocycles. The van der Waals surface area contributed by atoms with Gasteiger partial charge in [-0.15, -0.1) is 0 Å². The molecule has 0 aliphatic carbocycles. The van der Waals surface area contributed by atoms with Crippen LogP contribution in [0.4, 0.5) is 0 Å². The minimum Gasteiger partial charge on any atom is -0.459 e. The molecule has 1 atom stereocenters. The Kier molecular flexibility index (Phi) is 4.10. The highest BCUT2D eigenvalue weighted by Gasteiger charge is 2.18. The molecule has 0 spiro atoms. The van der Waals surface area contributed by atoms with Crippen LogP contribution in [0, 0.1) is 0 Å². The summed E-state index contributed by atoms with van der Waals surface area (Å²) in [6, 6.07) is 18.1. The molecule has 0 fully saturated rings. The van der Waals surface area contributed by atoms with Gasteiger partial charge < -0.3 is 4.74 Å². The van der Waals surface area contributed by atoms with Crippen LogP contribution in [0.1, 0.15) is 37.0 Å². The molecule has 0 bridgehead atoms. The lowest BCUT2D eigenvalue weighted by Crippen LogP contribution is -2.15. The molecule has 0 heterocycles. The number of rotatable bonds is 4. The van der Waals surface area contributed by atoms with E-state index in [0.717, 1.165) is 34.4 Å². The van der Waals surface area contributed by atoms with Gasteiger partial charge in [0.2, 0.25) is 0 Å². The minimum atomic E-state index is -0.228. The molecule has 112 valence electrons. The monoisotopic (exact) mass is 292 g/mol. The average molecular weight is 292 g/mol. The summed E-state index contributed by atoms with van der Waals surface area (Å²) in [5.41, 5.74) is 0.677. The molecule has 3 aromatic carbocycles. The minimum absolute atomic E-state index is 0.0600. The van der Waals surface area contributed by atoms with Gasteiger partial charge in [-0.05, 0) is 41.0 Å². The first-order valence-corrected chi connectivity index (χ1v) is 7.82. The van der Waals surface area contributed by atoms with Gasteiger partial charge in [-0.25, -0.2) is 4.79 Å². The van der Waals surface area contributed by atoms with Crippen molar-refractivity contribution in [2.24, 2.45) is 0 Å². The predicted molar refractivity (Wildman–Crippen MR) is 91.2 cm³/mol. The first-order valence-electron chi connectivity index (χ1n) is 7.82. The van der Waals surface area contributed by atoms with Crippen LogP contribution in [0.5, 0.6) is 0 Å². The summed E-state index contributed by atoms with van der Waals surface area (Å²) in [5.74, 6) is -0.228. The zero-order valence-corrected chi connectivity index (χ0v) is 13.0. The van der Waals surface area contributed by atoms with Crippen LogP contribution in [0.3, 0.4) is 0 Å². The van der Waals surface area contributed by atoms with Crippen LogP contribution >= 0.6 is 0 Å². The number of carbonyl (C=O) groups is 1. The summed E-state index contributed by atoms with van der Waals surface area (Å²) < 4.78 is 5.65. The fraction of sp³-hybridized carbons (Fsp3) is 0.250. The number of ether oxygens (including phenoxy) is 1. The average Bonchev–Trinajstić information content (AvgIpc) is 2.52. The standard InChI is InChI=1S/C20H20O2/c1-3-8-14(2)22-20(21)19-17-11-6-4-9-15(17)13-16-10-5-7-12-18(16)19/h4-7,9-14H,3,8H2,1-2H3/t14-/m1/s1. The van der Waals surface area contributed by atoms with E-state index in [1.54, 1.807) is 0 Å². The molecule has 0 aromatic heterocycles. The Balaban J connectivity index is 2.17. The summed E-state index contributed by atoms with van der Waals surface area (Å²) in [7, 11) is 0. The van der Waals surface area contributed by atoms with Crippen molar-refractivity contribution in [3.05, 3.63) is 60.2 Å². The van der Waals surface area contributed by atoms with Crippen LogP contribution in [-0.2, 0) is 4.74 Å². The lowest BCUT2D eigenvalue weighted by Gasteiger charge is -2.15. The second-order valence-corrected chi connectivity index (χ2v) is 5.70. The third-order valence-electron chi connectivity index (χ3n) is 3.98. The Labute approximate surface area is 130 Å². The summed E-state index contributed by atoms with van der Waals surface area (Å²) >= 11 is 0. The van der Waals surface area contributed by atoms with Crippen LogP contribution in [0.25, 0.3) is 21.5 Å². The van der Waals surface area contributed by atoms with E-state index in [-0.39, 0.29) is 12.1 Å². The summed E-state index contributed by atoms with van der Waals surface area (Å²) in [6.07, 6.45) is 1.83. The number of hydrogen-bond acceptors (Lipinski definition) is 2. The SMILES string of the molecule is CCC[C@@H](C)OC(=O)c1c2ccccc2cc2ccccc12. The van der Waals surface area contributed by atoms with E-state index in [0.29, 0.717) is 5.56 Å². The maximum absolute atomic E-state index is 12.7. The number of benzene rings is 3. The third-order valence-corrected chi connectivity index (χ3v) is 3.98. The smallest absolute Gasteiger partial charge is 0.339 e. The Morgan fingerprint density at radius 3 is 2.09 bits per heavy atom. The van der Waals surface area contributed by atoms with E-state index in [2.05, 4.69) is 13.0 Å². The van der Waals surface area contributed by atoms with Crippen molar-refractivity contribution in [2.75, 3.05) is 0 Å². The molecule has 3 rings (SSSR count). The van der Waals surface area contributed by atoms with Crippen LogP contribution in [0.15, 0.2) is 54.6 Å². The van der Waals surface area contributed by atoms with Crippen molar-refractivity contribution in [3.63, 3.8) is 0 Å². The van der Waals surface area contributed by atoms with E-state index < -0.39 is 0 Å². The van der Waals surface area contributed by atoms with Crippen molar-refractivity contribution >= 4 is 27.5 Å².